The summed E-state index contributed by atoms with van der Waals surface area (Å²) >= 11 is 0. The highest BCUT2D eigenvalue weighted by atomic mass is 16.5. The van der Waals surface area contributed by atoms with Gasteiger partial charge in [-0.25, -0.2) is 15.0 Å². The van der Waals surface area contributed by atoms with Crippen molar-refractivity contribution in [2.75, 3.05) is 43.1 Å². The topological polar surface area (TPSA) is 85.3 Å². The minimum Gasteiger partial charge on any atom is -0.491 e. The van der Waals surface area contributed by atoms with Crippen molar-refractivity contribution in [3.63, 3.8) is 0 Å². The van der Waals surface area contributed by atoms with Gasteiger partial charge in [0, 0.05) is 49.5 Å². The van der Waals surface area contributed by atoms with Gasteiger partial charge in [-0.1, -0.05) is 0 Å². The van der Waals surface area contributed by atoms with Gasteiger partial charge in [-0.05, 0) is 37.8 Å². The molecule has 30 heavy (non-hydrogen) atoms. The van der Waals surface area contributed by atoms with Crippen molar-refractivity contribution in [1.82, 2.24) is 19.9 Å². The van der Waals surface area contributed by atoms with Crippen molar-refractivity contribution in [3.05, 3.63) is 42.6 Å². The summed E-state index contributed by atoms with van der Waals surface area (Å²) in [5, 5.41) is 3.48. The summed E-state index contributed by atoms with van der Waals surface area (Å²) < 4.78 is 11.7. The number of rotatable bonds is 6. The molecule has 1 saturated carbocycles. The van der Waals surface area contributed by atoms with Crippen molar-refractivity contribution in [1.29, 1.82) is 0 Å². The van der Waals surface area contributed by atoms with E-state index in [1.807, 2.05) is 13.0 Å². The Morgan fingerprint density at radius 1 is 1.10 bits per heavy atom. The van der Waals surface area contributed by atoms with Crippen molar-refractivity contribution >= 4 is 22.5 Å². The predicted molar refractivity (Wildman–Crippen MR) is 115 cm³/mol. The first kappa shape index (κ1) is 19.0. The van der Waals surface area contributed by atoms with E-state index in [1.165, 1.54) is 0 Å². The third-order valence-corrected chi connectivity index (χ3v) is 5.74. The number of aromatic nitrogens is 4. The molecule has 2 fully saturated rings. The molecule has 1 aromatic carbocycles. The summed E-state index contributed by atoms with van der Waals surface area (Å²) in [6.45, 7) is 5.83. The minimum absolute atomic E-state index is 0.434. The summed E-state index contributed by atoms with van der Waals surface area (Å²) in [6.07, 6.45) is 7.37. The maximum atomic E-state index is 6.26. The number of anilines is 2. The lowest BCUT2D eigenvalue weighted by molar-refractivity contribution is 0.122. The van der Waals surface area contributed by atoms with E-state index in [9.17, 15) is 0 Å². The van der Waals surface area contributed by atoms with Gasteiger partial charge in [0.15, 0.2) is 0 Å². The Bertz CT molecular complexity index is 1020. The van der Waals surface area contributed by atoms with Crippen LogP contribution in [-0.2, 0) is 4.74 Å². The van der Waals surface area contributed by atoms with Crippen molar-refractivity contribution in [2.45, 2.75) is 25.8 Å². The molecule has 156 valence electrons. The molecular formula is C22H26N6O2. The first-order valence-corrected chi connectivity index (χ1v) is 10.5. The smallest absolute Gasteiger partial charge is 0.149 e. The molecule has 0 amide bonds. The summed E-state index contributed by atoms with van der Waals surface area (Å²) in [4.78, 5) is 19.9. The number of nitrogens with one attached hydrogen (secondary N) is 1. The van der Waals surface area contributed by atoms with E-state index in [0.717, 1.165) is 73.3 Å². The summed E-state index contributed by atoms with van der Waals surface area (Å²) in [6, 6.07) is 6.54. The molecule has 0 radical (unpaired) electrons. The van der Waals surface area contributed by atoms with Crippen LogP contribution in [0.1, 0.15) is 18.7 Å². The fraction of sp³-hybridized carbons (Fsp3) is 0.455. The molecular weight excluding hydrogens is 380 g/mol. The molecule has 2 aliphatic rings. The van der Waals surface area contributed by atoms with Gasteiger partial charge in [-0.2, -0.15) is 0 Å². The monoisotopic (exact) mass is 406 g/mol. The standard InChI is InChI=1S/C22H26N6O2/c1-15-23-3-2-21(26-15)27-17-10-16(11-17)14-30-20-13-18(28-6-8-29-9-7-28)12-19-22(20)25-5-4-24-19/h2-5,12-13,16-17H,6-11,14H2,1H3,(H,23,26,27)/t16-,17+. The van der Waals surface area contributed by atoms with E-state index < -0.39 is 0 Å². The second-order valence-electron chi connectivity index (χ2n) is 7.95. The number of ether oxygens (including phenoxy) is 2. The molecule has 0 bridgehead atoms. The minimum atomic E-state index is 0.434. The van der Waals surface area contributed by atoms with Crippen molar-refractivity contribution < 1.29 is 9.47 Å². The van der Waals surface area contributed by atoms with Gasteiger partial charge in [0.1, 0.15) is 22.9 Å². The number of hydrogen-bond acceptors (Lipinski definition) is 8. The third kappa shape index (κ3) is 4.14. The van der Waals surface area contributed by atoms with E-state index in [4.69, 9.17) is 9.47 Å². The molecule has 1 saturated heterocycles. The Labute approximate surface area is 175 Å². The van der Waals surface area contributed by atoms with Crippen LogP contribution < -0.4 is 15.0 Å². The molecule has 8 nitrogen and oxygen atoms in total. The molecule has 1 N–H and O–H groups in total. The van der Waals surface area contributed by atoms with E-state index in [-0.39, 0.29) is 0 Å². The predicted octanol–water partition coefficient (Wildman–Crippen LogP) is 2.83. The third-order valence-electron chi connectivity index (χ3n) is 5.74. The molecule has 5 rings (SSSR count). The largest absolute Gasteiger partial charge is 0.491 e. The zero-order valence-corrected chi connectivity index (χ0v) is 17.1. The molecule has 0 atom stereocenters. The van der Waals surface area contributed by atoms with E-state index in [0.29, 0.717) is 18.6 Å². The van der Waals surface area contributed by atoms with Crippen molar-refractivity contribution in [3.8, 4) is 5.75 Å². The van der Waals surface area contributed by atoms with Gasteiger partial charge in [0.25, 0.3) is 0 Å². The summed E-state index contributed by atoms with van der Waals surface area (Å²) in [7, 11) is 0. The molecule has 8 heteroatoms. The van der Waals surface area contributed by atoms with E-state index >= 15 is 0 Å². The molecule has 1 aliphatic heterocycles. The highest BCUT2D eigenvalue weighted by molar-refractivity contribution is 5.85. The molecule has 3 aromatic rings. The molecule has 0 unspecified atom stereocenters. The van der Waals surface area contributed by atoms with Crippen molar-refractivity contribution in [2.24, 2.45) is 5.92 Å². The summed E-state index contributed by atoms with van der Waals surface area (Å²) in [5.74, 6) is 3.01. The number of benzene rings is 1. The normalized spacial score (nSPS) is 21.3. The van der Waals surface area contributed by atoms with E-state index in [1.54, 1.807) is 18.6 Å². The quantitative estimate of drug-likeness (QED) is 0.669. The summed E-state index contributed by atoms with van der Waals surface area (Å²) in [5.41, 5.74) is 2.80. The molecule has 3 heterocycles. The lowest BCUT2D eigenvalue weighted by Gasteiger charge is -2.36. The van der Waals surface area contributed by atoms with Gasteiger partial charge >= 0.3 is 0 Å². The number of morpholine rings is 1. The van der Waals surface area contributed by atoms with E-state index in [2.05, 4.69) is 42.3 Å². The zero-order valence-electron chi connectivity index (χ0n) is 17.1. The lowest BCUT2D eigenvalue weighted by atomic mass is 9.81. The van der Waals surface area contributed by atoms with Crippen LogP contribution in [-0.4, -0.2) is 58.9 Å². The Hall–Kier alpha value is -3.00. The maximum Gasteiger partial charge on any atom is 0.149 e. The van der Waals surface area contributed by atoms with Crippen LogP contribution >= 0.6 is 0 Å². The number of nitrogens with zero attached hydrogens (tertiary/aromatic N) is 5. The fourth-order valence-electron chi connectivity index (χ4n) is 4.09. The van der Waals surface area contributed by atoms with Crippen LogP contribution in [0.3, 0.4) is 0 Å². The number of hydrogen-bond donors (Lipinski definition) is 1. The lowest BCUT2D eigenvalue weighted by Crippen LogP contribution is -2.38. The molecule has 1 aliphatic carbocycles. The van der Waals surface area contributed by atoms with Gasteiger partial charge in [0.2, 0.25) is 0 Å². The Balaban J connectivity index is 1.23. The average molecular weight is 406 g/mol. The average Bonchev–Trinajstić information content (AvgIpc) is 2.75. The van der Waals surface area contributed by atoms with Gasteiger partial charge in [0.05, 0.1) is 25.3 Å². The van der Waals surface area contributed by atoms with Gasteiger partial charge in [-0.15, -0.1) is 0 Å². The maximum absolute atomic E-state index is 6.26. The van der Waals surface area contributed by atoms with Crippen LogP contribution in [0, 0.1) is 12.8 Å². The number of fused-ring (bicyclic) bond motifs is 1. The van der Waals surface area contributed by atoms with Crippen LogP contribution in [0.4, 0.5) is 11.5 Å². The first-order chi connectivity index (χ1) is 14.7. The molecule has 0 spiro atoms. The highest BCUT2D eigenvalue weighted by Crippen LogP contribution is 2.33. The highest BCUT2D eigenvalue weighted by Gasteiger charge is 2.30. The second-order valence-corrected chi connectivity index (χ2v) is 7.95. The zero-order chi connectivity index (χ0) is 20.3. The van der Waals surface area contributed by atoms with Gasteiger partial charge < -0.3 is 19.7 Å². The Morgan fingerprint density at radius 2 is 1.93 bits per heavy atom. The Kier molecular flexibility index (Phi) is 5.31. The van der Waals surface area contributed by atoms with Gasteiger partial charge in [-0.3, -0.25) is 4.98 Å². The first-order valence-electron chi connectivity index (χ1n) is 10.5. The van der Waals surface area contributed by atoms with Crippen LogP contribution in [0.15, 0.2) is 36.8 Å². The fourth-order valence-corrected chi connectivity index (χ4v) is 4.09. The SMILES string of the molecule is Cc1nccc(N[C@H]2C[C@@H](COc3cc(N4CCOCC4)cc4nccnc34)C2)n1. The Morgan fingerprint density at radius 3 is 2.77 bits per heavy atom. The van der Waals surface area contributed by atoms with Crippen LogP contribution in [0.5, 0.6) is 5.75 Å². The van der Waals surface area contributed by atoms with Crippen LogP contribution in [0.25, 0.3) is 11.0 Å². The molecule has 2 aromatic heterocycles. The second kappa shape index (κ2) is 8.39. The van der Waals surface area contributed by atoms with Crippen LogP contribution in [0.2, 0.25) is 0 Å². The number of aryl methyl sites for hydroxylation is 1.